The first-order chi connectivity index (χ1) is 9.15. The predicted molar refractivity (Wildman–Crippen MR) is 72.1 cm³/mol. The van der Waals surface area contributed by atoms with Crippen molar-refractivity contribution in [3.63, 3.8) is 0 Å². The van der Waals surface area contributed by atoms with Crippen molar-refractivity contribution in [1.82, 2.24) is 4.90 Å². The lowest BCUT2D eigenvalue weighted by Crippen LogP contribution is -2.46. The normalized spacial score (nSPS) is 16.4. The molecule has 6 heteroatoms. The van der Waals surface area contributed by atoms with Gasteiger partial charge in [-0.15, -0.1) is 0 Å². The van der Waals surface area contributed by atoms with Crippen LogP contribution in [0.2, 0.25) is 0 Å². The van der Waals surface area contributed by atoms with Crippen LogP contribution in [-0.4, -0.2) is 51.0 Å². The van der Waals surface area contributed by atoms with Crippen LogP contribution < -0.4 is 15.4 Å². The molecule has 19 heavy (non-hydrogen) atoms. The van der Waals surface area contributed by atoms with E-state index in [0.717, 1.165) is 38.2 Å². The Hall–Kier alpha value is -1.82. The summed E-state index contributed by atoms with van der Waals surface area (Å²) in [5.74, 6) is -0.116. The molecular formula is C13H18FN3O2. The molecule has 0 aromatic heterocycles. The minimum Gasteiger partial charge on any atom is -0.494 e. The number of carbonyl (C=O) groups excluding carboxylic acids is 1. The van der Waals surface area contributed by atoms with E-state index in [1.54, 1.807) is 6.07 Å². The zero-order valence-electron chi connectivity index (χ0n) is 10.9. The van der Waals surface area contributed by atoms with Gasteiger partial charge in [0.15, 0.2) is 5.82 Å². The molecule has 1 aliphatic rings. The Morgan fingerprint density at radius 2 is 2.05 bits per heavy atom. The Bertz CT molecular complexity index is 459. The summed E-state index contributed by atoms with van der Waals surface area (Å²) >= 11 is 0. The van der Waals surface area contributed by atoms with E-state index in [1.165, 1.54) is 13.2 Å². The van der Waals surface area contributed by atoms with Crippen molar-refractivity contribution in [3.05, 3.63) is 17.9 Å². The van der Waals surface area contributed by atoms with Crippen molar-refractivity contribution in [1.29, 1.82) is 0 Å². The molecule has 0 amide bonds. The Labute approximate surface area is 111 Å². The molecule has 2 rings (SSSR count). The lowest BCUT2D eigenvalue weighted by Gasteiger charge is -2.35. The van der Waals surface area contributed by atoms with Gasteiger partial charge in [-0.05, 0) is 6.07 Å². The predicted octanol–water partition coefficient (Wildman–Crippen LogP) is 0.737. The van der Waals surface area contributed by atoms with Crippen molar-refractivity contribution < 1.29 is 13.9 Å². The summed E-state index contributed by atoms with van der Waals surface area (Å²) in [4.78, 5) is 14.6. The van der Waals surface area contributed by atoms with Crippen LogP contribution >= 0.6 is 0 Å². The number of aldehydes is 1. The van der Waals surface area contributed by atoms with Gasteiger partial charge in [0.1, 0.15) is 17.7 Å². The third kappa shape index (κ3) is 2.96. The van der Waals surface area contributed by atoms with E-state index in [-0.39, 0.29) is 5.69 Å². The van der Waals surface area contributed by atoms with E-state index >= 15 is 0 Å². The lowest BCUT2D eigenvalue weighted by molar-refractivity contribution is -0.108. The van der Waals surface area contributed by atoms with E-state index in [0.29, 0.717) is 12.3 Å². The topological polar surface area (TPSA) is 58.8 Å². The van der Waals surface area contributed by atoms with Gasteiger partial charge >= 0.3 is 0 Å². The molecular weight excluding hydrogens is 249 g/mol. The number of anilines is 2. The minimum absolute atomic E-state index is 0.0332. The van der Waals surface area contributed by atoms with Crippen molar-refractivity contribution >= 4 is 17.7 Å². The third-order valence-electron chi connectivity index (χ3n) is 3.37. The SMILES string of the molecule is COc1cc(N2CCN(CC=O)CC2)cc(F)c1N. The number of hydrogen-bond acceptors (Lipinski definition) is 5. The second-order valence-corrected chi connectivity index (χ2v) is 4.50. The summed E-state index contributed by atoms with van der Waals surface area (Å²) in [5, 5.41) is 0. The highest BCUT2D eigenvalue weighted by atomic mass is 19.1. The number of hydrogen-bond donors (Lipinski definition) is 1. The van der Waals surface area contributed by atoms with E-state index in [9.17, 15) is 9.18 Å². The average Bonchev–Trinajstić information content (AvgIpc) is 2.43. The monoisotopic (exact) mass is 267 g/mol. The number of benzene rings is 1. The molecule has 1 fully saturated rings. The van der Waals surface area contributed by atoms with E-state index in [1.807, 2.05) is 0 Å². The van der Waals surface area contributed by atoms with E-state index in [4.69, 9.17) is 10.5 Å². The first-order valence-corrected chi connectivity index (χ1v) is 6.19. The minimum atomic E-state index is -0.468. The fourth-order valence-corrected chi connectivity index (χ4v) is 2.22. The number of nitrogens with two attached hydrogens (primary N) is 1. The molecule has 0 bridgehead atoms. The van der Waals surface area contributed by atoms with Crippen LogP contribution in [0, 0.1) is 5.82 Å². The van der Waals surface area contributed by atoms with Gasteiger partial charge in [0.2, 0.25) is 0 Å². The summed E-state index contributed by atoms with van der Waals surface area (Å²) in [6.07, 6.45) is 0.904. The quantitative estimate of drug-likeness (QED) is 0.644. The Kier molecular flexibility index (Phi) is 4.21. The zero-order valence-corrected chi connectivity index (χ0v) is 10.9. The zero-order chi connectivity index (χ0) is 13.8. The molecule has 0 saturated carbocycles. The van der Waals surface area contributed by atoms with Crippen LogP contribution in [0.25, 0.3) is 0 Å². The average molecular weight is 267 g/mol. The van der Waals surface area contributed by atoms with Crippen LogP contribution in [0.1, 0.15) is 0 Å². The second-order valence-electron chi connectivity index (χ2n) is 4.50. The smallest absolute Gasteiger partial charge is 0.151 e. The third-order valence-corrected chi connectivity index (χ3v) is 3.37. The Balaban J connectivity index is 2.11. The summed E-state index contributed by atoms with van der Waals surface area (Å²) in [7, 11) is 1.47. The lowest BCUT2D eigenvalue weighted by atomic mass is 10.2. The van der Waals surface area contributed by atoms with E-state index < -0.39 is 5.82 Å². The van der Waals surface area contributed by atoms with Crippen LogP contribution in [0.5, 0.6) is 5.75 Å². The van der Waals surface area contributed by atoms with Gasteiger partial charge in [-0.2, -0.15) is 0 Å². The van der Waals surface area contributed by atoms with Gasteiger partial charge in [0, 0.05) is 37.9 Å². The summed E-state index contributed by atoms with van der Waals surface area (Å²) in [6, 6.07) is 3.17. The molecule has 0 spiro atoms. The Morgan fingerprint density at radius 1 is 1.37 bits per heavy atom. The number of nitrogens with zero attached hydrogens (tertiary/aromatic N) is 2. The van der Waals surface area contributed by atoms with Gasteiger partial charge in [0.05, 0.1) is 13.7 Å². The van der Waals surface area contributed by atoms with Gasteiger partial charge in [-0.3, -0.25) is 4.90 Å². The highest BCUT2D eigenvalue weighted by molar-refractivity contribution is 5.63. The van der Waals surface area contributed by atoms with Crippen molar-refractivity contribution in [2.75, 3.05) is 50.5 Å². The van der Waals surface area contributed by atoms with Crippen LogP contribution in [0.15, 0.2) is 12.1 Å². The molecule has 1 heterocycles. The van der Waals surface area contributed by atoms with Gasteiger partial charge in [-0.25, -0.2) is 4.39 Å². The van der Waals surface area contributed by atoms with Crippen LogP contribution in [-0.2, 0) is 4.79 Å². The number of halogens is 1. The number of carbonyl (C=O) groups is 1. The molecule has 1 aromatic carbocycles. The van der Waals surface area contributed by atoms with Gasteiger partial charge in [0.25, 0.3) is 0 Å². The highest BCUT2D eigenvalue weighted by Gasteiger charge is 2.19. The number of nitrogen functional groups attached to an aromatic ring is 1. The number of rotatable bonds is 4. The first kappa shape index (κ1) is 13.6. The number of piperazine rings is 1. The standard InChI is InChI=1S/C13H18FN3O2/c1-19-12-9-10(8-11(14)13(12)15)17-4-2-16(3-5-17)6-7-18/h7-9H,2-6,15H2,1H3. The fourth-order valence-electron chi connectivity index (χ4n) is 2.22. The molecule has 1 saturated heterocycles. The molecule has 0 radical (unpaired) electrons. The summed E-state index contributed by atoms with van der Waals surface area (Å²) < 4.78 is 18.8. The Morgan fingerprint density at radius 3 is 2.63 bits per heavy atom. The maximum absolute atomic E-state index is 13.7. The maximum Gasteiger partial charge on any atom is 0.151 e. The van der Waals surface area contributed by atoms with Gasteiger partial charge in [-0.1, -0.05) is 0 Å². The maximum atomic E-state index is 13.7. The molecule has 0 atom stereocenters. The van der Waals surface area contributed by atoms with Crippen molar-refractivity contribution in [2.24, 2.45) is 0 Å². The number of methoxy groups -OCH3 is 1. The molecule has 1 aromatic rings. The first-order valence-electron chi connectivity index (χ1n) is 6.19. The molecule has 1 aliphatic heterocycles. The van der Waals surface area contributed by atoms with E-state index in [2.05, 4.69) is 9.80 Å². The molecule has 0 aliphatic carbocycles. The molecule has 2 N–H and O–H groups in total. The van der Waals surface area contributed by atoms with Crippen LogP contribution in [0.3, 0.4) is 0 Å². The number of ether oxygens (including phenoxy) is 1. The van der Waals surface area contributed by atoms with Crippen molar-refractivity contribution in [2.45, 2.75) is 0 Å². The fraction of sp³-hybridized carbons (Fsp3) is 0.462. The molecule has 104 valence electrons. The van der Waals surface area contributed by atoms with Gasteiger partial charge < -0.3 is 20.2 Å². The molecule has 0 unspecified atom stereocenters. The van der Waals surface area contributed by atoms with Crippen molar-refractivity contribution in [3.8, 4) is 5.75 Å². The highest BCUT2D eigenvalue weighted by Crippen LogP contribution is 2.30. The molecule has 5 nitrogen and oxygen atoms in total. The second kappa shape index (κ2) is 5.88. The summed E-state index contributed by atoms with van der Waals surface area (Å²) in [5.41, 5.74) is 6.38. The largest absolute Gasteiger partial charge is 0.494 e. The summed E-state index contributed by atoms with van der Waals surface area (Å²) in [6.45, 7) is 3.52. The van der Waals surface area contributed by atoms with Crippen LogP contribution in [0.4, 0.5) is 15.8 Å².